The molecule has 10 nitrogen and oxygen atoms in total. The molecule has 1 saturated heterocycles. The Morgan fingerprint density at radius 3 is 2.48 bits per heavy atom. The molecule has 1 fully saturated rings. The Bertz CT molecular complexity index is 668. The van der Waals surface area contributed by atoms with E-state index in [9.17, 15) is 9.59 Å². The van der Waals surface area contributed by atoms with Gasteiger partial charge < -0.3 is 30.3 Å². The van der Waals surface area contributed by atoms with Crippen LogP contribution in [-0.2, 0) is 14.3 Å². The van der Waals surface area contributed by atoms with Crippen LogP contribution in [0, 0.1) is 0 Å². The number of nitrogens with two attached hydrogens (primary N) is 1. The lowest BCUT2D eigenvalue weighted by atomic mass is 10.2. The zero-order chi connectivity index (χ0) is 20.0. The number of nitrogens with zero attached hydrogens (tertiary/aromatic N) is 4. The number of carbonyl (C=O) groups is 2. The molecular formula is C17H28N6O4. The van der Waals surface area contributed by atoms with E-state index in [1.807, 2.05) is 25.7 Å². The molecule has 2 heterocycles. The fraction of sp³-hybridized carbons (Fsp3) is 0.647. The number of aromatic nitrogens is 2. The van der Waals surface area contributed by atoms with Crippen LogP contribution in [0.15, 0.2) is 6.33 Å². The molecule has 0 saturated carbocycles. The Hall–Kier alpha value is -2.78. The van der Waals surface area contributed by atoms with Gasteiger partial charge in [-0.2, -0.15) is 0 Å². The average Bonchev–Trinajstić information content (AvgIpc) is 2.60. The van der Waals surface area contributed by atoms with E-state index in [0.29, 0.717) is 50.1 Å². The van der Waals surface area contributed by atoms with Gasteiger partial charge in [-0.05, 0) is 27.7 Å². The summed E-state index contributed by atoms with van der Waals surface area (Å²) in [5.41, 5.74) is 6.00. The number of carbonyl (C=O) groups excluding carboxylic acids is 2. The topological polar surface area (TPSA) is 123 Å². The summed E-state index contributed by atoms with van der Waals surface area (Å²) >= 11 is 0. The highest BCUT2D eigenvalue weighted by molar-refractivity contribution is 5.80. The number of piperazine rings is 1. The van der Waals surface area contributed by atoms with Gasteiger partial charge in [-0.25, -0.2) is 14.8 Å². The summed E-state index contributed by atoms with van der Waals surface area (Å²) < 4.78 is 10.3. The van der Waals surface area contributed by atoms with Gasteiger partial charge in [0, 0.05) is 26.2 Å². The van der Waals surface area contributed by atoms with E-state index >= 15 is 0 Å². The van der Waals surface area contributed by atoms with Gasteiger partial charge in [0.1, 0.15) is 24.2 Å². The molecule has 0 radical (unpaired) electrons. The zero-order valence-corrected chi connectivity index (χ0v) is 16.3. The Balaban J connectivity index is 1.97. The van der Waals surface area contributed by atoms with Gasteiger partial charge >= 0.3 is 12.1 Å². The van der Waals surface area contributed by atoms with Crippen molar-refractivity contribution in [3.05, 3.63) is 6.33 Å². The van der Waals surface area contributed by atoms with E-state index in [2.05, 4.69) is 15.3 Å². The molecule has 0 aliphatic carbocycles. The number of amides is 1. The van der Waals surface area contributed by atoms with Crippen molar-refractivity contribution < 1.29 is 19.1 Å². The van der Waals surface area contributed by atoms with Crippen molar-refractivity contribution in [3.8, 4) is 0 Å². The van der Waals surface area contributed by atoms with Crippen LogP contribution < -0.4 is 16.0 Å². The molecule has 1 aromatic rings. The Morgan fingerprint density at radius 2 is 1.89 bits per heavy atom. The molecule has 1 aliphatic heterocycles. The summed E-state index contributed by atoms with van der Waals surface area (Å²) in [6.45, 7) is 9.69. The molecular weight excluding hydrogens is 352 g/mol. The molecule has 10 heteroatoms. The minimum Gasteiger partial charge on any atom is -0.465 e. The van der Waals surface area contributed by atoms with E-state index in [1.54, 1.807) is 11.8 Å². The standard InChI is InChI=1S/C17H28N6O4/c1-5-26-12(24)10-19-14-13(18)15(21-11-20-14)22-6-8-23(9-7-22)16(25)27-17(2,3)4/h11H,5-10,18H2,1-4H3,(H,19,20,21). The highest BCUT2D eigenvalue weighted by atomic mass is 16.6. The first kappa shape index (κ1) is 20.5. The minimum atomic E-state index is -0.523. The van der Waals surface area contributed by atoms with Crippen molar-refractivity contribution >= 4 is 29.4 Å². The predicted molar refractivity (Wildman–Crippen MR) is 102 cm³/mol. The first-order valence-electron chi connectivity index (χ1n) is 8.94. The van der Waals surface area contributed by atoms with E-state index in [-0.39, 0.29) is 18.6 Å². The van der Waals surface area contributed by atoms with Crippen LogP contribution in [0.2, 0.25) is 0 Å². The highest BCUT2D eigenvalue weighted by Crippen LogP contribution is 2.27. The summed E-state index contributed by atoms with van der Waals surface area (Å²) in [7, 11) is 0. The van der Waals surface area contributed by atoms with Crippen LogP contribution in [0.3, 0.4) is 0 Å². The molecule has 1 aromatic heterocycles. The van der Waals surface area contributed by atoms with Crippen molar-refractivity contribution in [1.82, 2.24) is 14.9 Å². The molecule has 0 atom stereocenters. The first-order valence-corrected chi connectivity index (χ1v) is 8.94. The quantitative estimate of drug-likeness (QED) is 0.722. The van der Waals surface area contributed by atoms with Gasteiger partial charge in [0.05, 0.1) is 6.61 Å². The lowest BCUT2D eigenvalue weighted by molar-refractivity contribution is -0.140. The third-order valence-electron chi connectivity index (χ3n) is 3.80. The number of esters is 1. The maximum Gasteiger partial charge on any atom is 0.410 e. The molecule has 2 rings (SSSR count). The van der Waals surface area contributed by atoms with E-state index in [0.717, 1.165) is 0 Å². The van der Waals surface area contributed by atoms with Crippen molar-refractivity contribution in [1.29, 1.82) is 0 Å². The zero-order valence-electron chi connectivity index (χ0n) is 16.3. The van der Waals surface area contributed by atoms with E-state index in [4.69, 9.17) is 15.2 Å². The second-order valence-electron chi connectivity index (χ2n) is 7.07. The number of ether oxygens (including phenoxy) is 2. The lowest BCUT2D eigenvalue weighted by Crippen LogP contribution is -2.50. The summed E-state index contributed by atoms with van der Waals surface area (Å²) in [4.78, 5) is 35.6. The summed E-state index contributed by atoms with van der Waals surface area (Å²) in [6, 6.07) is 0. The van der Waals surface area contributed by atoms with Crippen LogP contribution in [-0.4, -0.2) is 71.9 Å². The number of nitrogen functional groups attached to an aromatic ring is 1. The SMILES string of the molecule is CCOC(=O)CNc1ncnc(N2CCN(C(=O)OC(C)(C)C)CC2)c1N. The largest absolute Gasteiger partial charge is 0.465 e. The molecule has 0 aromatic carbocycles. The number of hydrogen-bond donors (Lipinski definition) is 2. The van der Waals surface area contributed by atoms with Crippen LogP contribution >= 0.6 is 0 Å². The fourth-order valence-electron chi connectivity index (χ4n) is 2.57. The van der Waals surface area contributed by atoms with Gasteiger partial charge in [0.2, 0.25) is 0 Å². The number of anilines is 3. The van der Waals surface area contributed by atoms with Crippen molar-refractivity contribution in [3.63, 3.8) is 0 Å². The molecule has 3 N–H and O–H groups in total. The Kier molecular flexibility index (Phi) is 6.65. The molecule has 27 heavy (non-hydrogen) atoms. The molecule has 0 bridgehead atoms. The van der Waals surface area contributed by atoms with Crippen LogP contribution in [0.1, 0.15) is 27.7 Å². The normalized spacial score (nSPS) is 14.7. The minimum absolute atomic E-state index is 0.0269. The monoisotopic (exact) mass is 380 g/mol. The Morgan fingerprint density at radius 1 is 1.22 bits per heavy atom. The van der Waals surface area contributed by atoms with Crippen molar-refractivity contribution in [2.45, 2.75) is 33.3 Å². The van der Waals surface area contributed by atoms with E-state index in [1.165, 1.54) is 6.33 Å². The summed E-state index contributed by atoms with van der Waals surface area (Å²) in [5.74, 6) is 0.561. The third kappa shape index (κ3) is 5.87. The van der Waals surface area contributed by atoms with Gasteiger partial charge in [-0.3, -0.25) is 4.79 Å². The number of hydrogen-bond acceptors (Lipinski definition) is 9. The average molecular weight is 380 g/mol. The smallest absolute Gasteiger partial charge is 0.410 e. The second-order valence-corrected chi connectivity index (χ2v) is 7.07. The number of rotatable bonds is 5. The molecule has 0 unspecified atom stereocenters. The van der Waals surface area contributed by atoms with Crippen molar-refractivity contribution in [2.24, 2.45) is 0 Å². The van der Waals surface area contributed by atoms with Gasteiger partial charge in [-0.1, -0.05) is 0 Å². The maximum absolute atomic E-state index is 12.2. The van der Waals surface area contributed by atoms with Crippen LogP contribution in [0.4, 0.5) is 22.1 Å². The highest BCUT2D eigenvalue weighted by Gasteiger charge is 2.27. The Labute approximate surface area is 159 Å². The predicted octanol–water partition coefficient (Wildman–Crippen LogP) is 1.09. The van der Waals surface area contributed by atoms with Gasteiger partial charge in [0.15, 0.2) is 11.6 Å². The molecule has 0 spiro atoms. The molecule has 1 aliphatic rings. The second kappa shape index (κ2) is 8.74. The van der Waals surface area contributed by atoms with E-state index < -0.39 is 5.60 Å². The lowest BCUT2D eigenvalue weighted by Gasteiger charge is -2.36. The van der Waals surface area contributed by atoms with Gasteiger partial charge in [0.25, 0.3) is 0 Å². The molecule has 1 amide bonds. The third-order valence-corrected chi connectivity index (χ3v) is 3.80. The fourth-order valence-corrected chi connectivity index (χ4v) is 2.57. The van der Waals surface area contributed by atoms with Crippen molar-refractivity contribution in [2.75, 3.05) is 55.3 Å². The number of nitrogens with one attached hydrogen (secondary N) is 1. The molecule has 150 valence electrons. The first-order chi connectivity index (χ1) is 12.7. The van der Waals surface area contributed by atoms with Gasteiger partial charge in [-0.15, -0.1) is 0 Å². The summed E-state index contributed by atoms with van der Waals surface area (Å²) in [6.07, 6.45) is 1.06. The maximum atomic E-state index is 12.2. The van der Waals surface area contributed by atoms with Crippen LogP contribution in [0.25, 0.3) is 0 Å². The van der Waals surface area contributed by atoms with Crippen LogP contribution in [0.5, 0.6) is 0 Å². The summed E-state index contributed by atoms with van der Waals surface area (Å²) in [5, 5.41) is 2.87.